The van der Waals surface area contributed by atoms with Gasteiger partial charge in [0.05, 0.1) is 11.5 Å². The first-order chi connectivity index (χ1) is 9.15. The first-order valence-corrected chi connectivity index (χ1v) is 6.75. The number of rotatable bonds is 4. The van der Waals surface area contributed by atoms with Gasteiger partial charge >= 0.3 is 0 Å². The van der Waals surface area contributed by atoms with Gasteiger partial charge in [0.2, 0.25) is 0 Å². The van der Waals surface area contributed by atoms with Crippen LogP contribution in [0.3, 0.4) is 0 Å². The monoisotopic (exact) mass is 290 g/mol. The maximum absolute atomic E-state index is 5.84. The lowest BCUT2D eigenvalue weighted by Gasteiger charge is -2.20. The van der Waals surface area contributed by atoms with E-state index in [-0.39, 0.29) is 0 Å². The van der Waals surface area contributed by atoms with Gasteiger partial charge in [0.1, 0.15) is 0 Å². The first-order valence-electron chi connectivity index (χ1n) is 5.97. The fourth-order valence-electron chi connectivity index (χ4n) is 1.72. The number of nitrogens with zero attached hydrogens (tertiary/aromatic N) is 1. The summed E-state index contributed by atoms with van der Waals surface area (Å²) in [5.41, 5.74) is 2.10. The second kappa shape index (κ2) is 6.55. The van der Waals surface area contributed by atoms with E-state index >= 15 is 0 Å². The Labute approximate surface area is 124 Å². The van der Waals surface area contributed by atoms with Crippen LogP contribution in [0.5, 0.6) is 0 Å². The first kappa shape index (κ1) is 13.8. The van der Waals surface area contributed by atoms with Crippen LogP contribution in [0.25, 0.3) is 0 Å². The third-order valence-corrected chi connectivity index (χ3v) is 3.19. The highest BCUT2D eigenvalue weighted by Crippen LogP contribution is 2.14. The van der Waals surface area contributed by atoms with Gasteiger partial charge in [0.15, 0.2) is 0 Å². The van der Waals surface area contributed by atoms with Gasteiger partial charge in [-0.1, -0.05) is 42.0 Å². The predicted molar refractivity (Wildman–Crippen MR) is 87.4 cm³/mol. The molecule has 2 aromatic carbocycles. The van der Waals surface area contributed by atoms with E-state index in [9.17, 15) is 0 Å². The van der Waals surface area contributed by atoms with Crippen molar-refractivity contribution in [2.24, 2.45) is 0 Å². The molecule has 1 N–H and O–H groups in total. The molecule has 4 heteroatoms. The molecule has 0 amide bonds. The molecule has 0 spiro atoms. The Hall–Kier alpha value is -1.58. The Kier molecular flexibility index (Phi) is 4.77. The zero-order valence-corrected chi connectivity index (χ0v) is 12.2. The molecule has 0 aliphatic carbocycles. The SMILES string of the molecule is CN(CC(=S)Nc1ccc(Cl)cc1)c1ccccc1. The van der Waals surface area contributed by atoms with Crippen molar-refractivity contribution in [3.63, 3.8) is 0 Å². The van der Waals surface area contributed by atoms with Crippen LogP contribution < -0.4 is 10.2 Å². The minimum Gasteiger partial charge on any atom is -0.368 e. The lowest BCUT2D eigenvalue weighted by Crippen LogP contribution is -2.28. The Morgan fingerprint density at radius 3 is 2.37 bits per heavy atom. The number of para-hydroxylation sites is 1. The zero-order chi connectivity index (χ0) is 13.7. The molecule has 0 bridgehead atoms. The van der Waals surface area contributed by atoms with Crippen molar-refractivity contribution in [3.8, 4) is 0 Å². The summed E-state index contributed by atoms with van der Waals surface area (Å²) >= 11 is 11.2. The number of anilines is 2. The average molecular weight is 291 g/mol. The number of likely N-dealkylation sites (N-methyl/N-ethyl adjacent to an activating group) is 1. The van der Waals surface area contributed by atoms with Crippen LogP contribution in [0.2, 0.25) is 5.02 Å². The van der Waals surface area contributed by atoms with Crippen molar-refractivity contribution in [2.75, 3.05) is 23.8 Å². The second-order valence-electron chi connectivity index (χ2n) is 4.25. The van der Waals surface area contributed by atoms with Crippen molar-refractivity contribution in [1.82, 2.24) is 0 Å². The highest BCUT2D eigenvalue weighted by molar-refractivity contribution is 7.80. The molecule has 0 aliphatic rings. The molecule has 0 fully saturated rings. The lowest BCUT2D eigenvalue weighted by atomic mass is 10.3. The number of thiocarbonyl (C=S) groups is 1. The van der Waals surface area contributed by atoms with Gasteiger partial charge in [-0.15, -0.1) is 0 Å². The number of hydrogen-bond donors (Lipinski definition) is 1. The van der Waals surface area contributed by atoms with E-state index < -0.39 is 0 Å². The second-order valence-corrected chi connectivity index (χ2v) is 5.18. The summed E-state index contributed by atoms with van der Waals surface area (Å²) < 4.78 is 0. The molecule has 0 radical (unpaired) electrons. The van der Waals surface area contributed by atoms with E-state index in [2.05, 4.69) is 22.3 Å². The van der Waals surface area contributed by atoms with Gasteiger partial charge in [-0.25, -0.2) is 0 Å². The van der Waals surface area contributed by atoms with Crippen molar-refractivity contribution >= 4 is 40.2 Å². The van der Waals surface area contributed by atoms with Gasteiger partial charge in [-0.2, -0.15) is 0 Å². The van der Waals surface area contributed by atoms with Gasteiger partial charge in [0.25, 0.3) is 0 Å². The number of nitrogens with one attached hydrogen (secondary N) is 1. The average Bonchev–Trinajstić information content (AvgIpc) is 2.42. The van der Waals surface area contributed by atoms with Crippen LogP contribution in [0, 0.1) is 0 Å². The molecule has 2 nitrogen and oxygen atoms in total. The minimum atomic E-state index is 0.669. The van der Waals surface area contributed by atoms with Gasteiger partial charge in [-0.3, -0.25) is 0 Å². The van der Waals surface area contributed by atoms with E-state index in [1.54, 1.807) is 0 Å². The van der Waals surface area contributed by atoms with Crippen LogP contribution >= 0.6 is 23.8 Å². The third kappa shape index (κ3) is 4.23. The van der Waals surface area contributed by atoms with Crippen molar-refractivity contribution in [3.05, 3.63) is 59.6 Å². The minimum absolute atomic E-state index is 0.669. The smallest absolute Gasteiger partial charge is 0.0993 e. The van der Waals surface area contributed by atoms with E-state index in [4.69, 9.17) is 23.8 Å². The van der Waals surface area contributed by atoms with Crippen LogP contribution in [-0.2, 0) is 0 Å². The maximum atomic E-state index is 5.84. The van der Waals surface area contributed by atoms with Crippen LogP contribution in [0.4, 0.5) is 11.4 Å². The molecular weight excluding hydrogens is 276 g/mol. The van der Waals surface area contributed by atoms with Crippen molar-refractivity contribution in [2.45, 2.75) is 0 Å². The van der Waals surface area contributed by atoms with Gasteiger partial charge in [0, 0.05) is 23.4 Å². The zero-order valence-electron chi connectivity index (χ0n) is 10.6. The molecule has 0 unspecified atom stereocenters. The number of hydrogen-bond acceptors (Lipinski definition) is 2. The van der Waals surface area contributed by atoms with E-state index in [1.165, 1.54) is 0 Å². The largest absolute Gasteiger partial charge is 0.368 e. The third-order valence-electron chi connectivity index (χ3n) is 2.71. The molecule has 2 aromatic rings. The summed E-state index contributed by atoms with van der Waals surface area (Å²) in [5, 5.41) is 3.92. The number of benzene rings is 2. The Morgan fingerprint density at radius 2 is 1.74 bits per heavy atom. The summed E-state index contributed by atoms with van der Waals surface area (Å²) in [6.07, 6.45) is 0. The molecule has 2 rings (SSSR count). The van der Waals surface area contributed by atoms with Crippen LogP contribution in [-0.4, -0.2) is 18.6 Å². The molecule has 0 atom stereocenters. The fraction of sp³-hybridized carbons (Fsp3) is 0.133. The molecule has 0 aliphatic heterocycles. The Morgan fingerprint density at radius 1 is 1.11 bits per heavy atom. The van der Waals surface area contributed by atoms with Gasteiger partial charge < -0.3 is 10.2 Å². The predicted octanol–water partition coefficient (Wildman–Crippen LogP) is 4.22. The quantitative estimate of drug-likeness (QED) is 0.849. The summed E-state index contributed by atoms with van der Waals surface area (Å²) in [5.74, 6) is 0. The molecule has 0 saturated heterocycles. The van der Waals surface area contributed by atoms with Crippen LogP contribution in [0.15, 0.2) is 54.6 Å². The van der Waals surface area contributed by atoms with E-state index in [0.717, 1.165) is 21.4 Å². The van der Waals surface area contributed by atoms with E-state index in [1.807, 2.05) is 49.5 Å². The van der Waals surface area contributed by atoms with E-state index in [0.29, 0.717) is 6.54 Å². The molecule has 0 saturated carbocycles. The molecule has 0 aromatic heterocycles. The summed E-state index contributed by atoms with van der Waals surface area (Å²) in [4.78, 5) is 2.87. The van der Waals surface area contributed by atoms with Gasteiger partial charge in [-0.05, 0) is 36.4 Å². The highest BCUT2D eigenvalue weighted by Gasteiger charge is 2.04. The Bertz CT molecular complexity index is 540. The van der Waals surface area contributed by atoms with Crippen LogP contribution in [0.1, 0.15) is 0 Å². The highest BCUT2D eigenvalue weighted by atomic mass is 35.5. The van der Waals surface area contributed by atoms with Crippen molar-refractivity contribution < 1.29 is 0 Å². The summed E-state index contributed by atoms with van der Waals surface area (Å²) in [6.45, 7) is 0.669. The van der Waals surface area contributed by atoms with Crippen molar-refractivity contribution in [1.29, 1.82) is 0 Å². The summed E-state index contributed by atoms with van der Waals surface area (Å²) in [7, 11) is 2.02. The Balaban J connectivity index is 1.93. The lowest BCUT2D eigenvalue weighted by molar-refractivity contribution is 1.07. The maximum Gasteiger partial charge on any atom is 0.0993 e. The molecule has 19 heavy (non-hydrogen) atoms. The molecule has 98 valence electrons. The number of halogens is 1. The normalized spacial score (nSPS) is 10.0. The molecule has 0 heterocycles. The topological polar surface area (TPSA) is 15.3 Å². The summed E-state index contributed by atoms with van der Waals surface area (Å²) in [6, 6.07) is 17.7. The fourth-order valence-corrected chi connectivity index (χ4v) is 2.16. The molecular formula is C15H15ClN2S. The standard InChI is InChI=1S/C15H15ClN2S/c1-18(14-5-3-2-4-6-14)11-15(19)17-13-9-7-12(16)8-10-13/h2-10H,11H2,1H3,(H,17,19).